The van der Waals surface area contributed by atoms with Gasteiger partial charge in [-0.25, -0.2) is 0 Å². The zero-order chi connectivity index (χ0) is 23.1. The van der Waals surface area contributed by atoms with Gasteiger partial charge in [-0.1, -0.05) is 6.92 Å². The van der Waals surface area contributed by atoms with Gasteiger partial charge in [-0.15, -0.1) is 0 Å². The fraction of sp³-hybridized carbons (Fsp3) is 0.348. The first-order valence-electron chi connectivity index (χ1n) is 10.5. The van der Waals surface area contributed by atoms with Crippen LogP contribution >= 0.6 is 28.1 Å². The fourth-order valence-corrected chi connectivity index (χ4v) is 4.24. The second-order valence-electron chi connectivity index (χ2n) is 7.42. The van der Waals surface area contributed by atoms with Gasteiger partial charge in [0.25, 0.3) is 5.91 Å². The van der Waals surface area contributed by atoms with Crippen molar-refractivity contribution in [3.8, 4) is 5.75 Å². The topological polar surface area (TPSA) is 73.9 Å². The van der Waals surface area contributed by atoms with E-state index in [0.717, 1.165) is 44.0 Å². The number of hydrogen-bond acceptors (Lipinski definition) is 5. The normalized spacial score (nSPS) is 13.5. The maximum absolute atomic E-state index is 12.4. The second-order valence-corrected chi connectivity index (χ2v) is 8.68. The number of ether oxygens (including phenoxy) is 1. The number of halogens is 1. The van der Waals surface area contributed by atoms with Gasteiger partial charge in [-0.05, 0) is 77.0 Å². The second kappa shape index (κ2) is 11.3. The van der Waals surface area contributed by atoms with Crippen molar-refractivity contribution in [2.24, 2.45) is 0 Å². The van der Waals surface area contributed by atoms with Crippen molar-refractivity contribution in [3.05, 3.63) is 52.5 Å². The Morgan fingerprint density at radius 1 is 1.09 bits per heavy atom. The molecular weight excluding hydrogens is 492 g/mol. The molecule has 2 aromatic carbocycles. The molecule has 0 bridgehead atoms. The molecule has 0 saturated carbocycles. The van der Waals surface area contributed by atoms with Crippen LogP contribution < -0.4 is 20.3 Å². The van der Waals surface area contributed by atoms with Gasteiger partial charge < -0.3 is 19.9 Å². The molecule has 1 aliphatic rings. The molecule has 0 aliphatic carbocycles. The Morgan fingerprint density at radius 3 is 2.38 bits per heavy atom. The van der Waals surface area contributed by atoms with Crippen LogP contribution in [-0.4, -0.2) is 55.1 Å². The van der Waals surface area contributed by atoms with E-state index in [2.05, 4.69) is 31.5 Å². The summed E-state index contributed by atoms with van der Waals surface area (Å²) < 4.78 is 5.87. The number of carbonyl (C=O) groups is 2. The molecule has 1 saturated heterocycles. The summed E-state index contributed by atoms with van der Waals surface area (Å²) >= 11 is 8.66. The van der Waals surface area contributed by atoms with Gasteiger partial charge in [0, 0.05) is 49.5 Å². The van der Waals surface area contributed by atoms with E-state index in [0.29, 0.717) is 22.2 Å². The highest BCUT2D eigenvalue weighted by Crippen LogP contribution is 2.25. The number of hydrogen-bond donors (Lipinski definition) is 2. The minimum atomic E-state index is -0.307. The number of amides is 2. The summed E-state index contributed by atoms with van der Waals surface area (Å²) in [4.78, 5) is 28.7. The third-order valence-electron chi connectivity index (χ3n) is 5.23. The van der Waals surface area contributed by atoms with Crippen molar-refractivity contribution in [3.63, 3.8) is 0 Å². The lowest BCUT2D eigenvalue weighted by molar-refractivity contribution is -0.131. The van der Waals surface area contributed by atoms with Crippen LogP contribution in [0, 0.1) is 0 Å². The third kappa shape index (κ3) is 6.20. The van der Waals surface area contributed by atoms with Gasteiger partial charge in [0.1, 0.15) is 5.75 Å². The van der Waals surface area contributed by atoms with Crippen LogP contribution in [0.3, 0.4) is 0 Å². The molecule has 3 rings (SSSR count). The van der Waals surface area contributed by atoms with Crippen LogP contribution in [0.25, 0.3) is 0 Å². The first-order chi connectivity index (χ1) is 15.4. The average molecular weight is 519 g/mol. The van der Waals surface area contributed by atoms with Crippen molar-refractivity contribution in [1.29, 1.82) is 0 Å². The molecule has 2 aromatic rings. The number of benzene rings is 2. The average Bonchev–Trinajstić information content (AvgIpc) is 2.79. The molecule has 0 aromatic heterocycles. The van der Waals surface area contributed by atoms with E-state index in [1.807, 2.05) is 36.1 Å². The van der Waals surface area contributed by atoms with Crippen LogP contribution in [0.4, 0.5) is 11.4 Å². The number of methoxy groups -OCH3 is 1. The standard InChI is InChI=1S/C23H27BrN4O3S/c1-3-4-21(29)28-13-11-27(12-14-28)18-8-6-17(7-9-18)25-23(32)26-22(30)16-5-10-20(31-2)19(24)15-16/h5-10,15H,3-4,11-14H2,1-2H3,(H2,25,26,30,32). The Morgan fingerprint density at radius 2 is 1.78 bits per heavy atom. The molecule has 7 nitrogen and oxygen atoms in total. The predicted octanol–water partition coefficient (Wildman–Crippen LogP) is 4.03. The van der Waals surface area contributed by atoms with Crippen LogP contribution in [-0.2, 0) is 4.79 Å². The molecule has 2 N–H and O–H groups in total. The predicted molar refractivity (Wildman–Crippen MR) is 135 cm³/mol. The molecule has 0 spiro atoms. The molecule has 0 radical (unpaired) electrons. The molecule has 0 unspecified atom stereocenters. The smallest absolute Gasteiger partial charge is 0.257 e. The number of nitrogens with one attached hydrogen (secondary N) is 2. The highest BCUT2D eigenvalue weighted by molar-refractivity contribution is 9.10. The van der Waals surface area contributed by atoms with Gasteiger partial charge >= 0.3 is 0 Å². The maximum atomic E-state index is 12.4. The summed E-state index contributed by atoms with van der Waals surface area (Å²) in [5, 5.41) is 5.94. The number of nitrogens with zero attached hydrogens (tertiary/aromatic N) is 2. The molecule has 2 amide bonds. The lowest BCUT2D eigenvalue weighted by atomic mass is 10.2. The summed E-state index contributed by atoms with van der Waals surface area (Å²) in [6, 6.07) is 12.9. The van der Waals surface area contributed by atoms with E-state index in [1.54, 1.807) is 25.3 Å². The van der Waals surface area contributed by atoms with Gasteiger partial charge in [0.15, 0.2) is 5.11 Å². The molecule has 1 fully saturated rings. The first-order valence-corrected chi connectivity index (χ1v) is 11.7. The monoisotopic (exact) mass is 518 g/mol. The van der Waals surface area contributed by atoms with E-state index in [9.17, 15) is 9.59 Å². The van der Waals surface area contributed by atoms with Crippen LogP contribution in [0.2, 0.25) is 0 Å². The summed E-state index contributed by atoms with van der Waals surface area (Å²) in [6.45, 7) is 5.15. The molecule has 32 heavy (non-hydrogen) atoms. The Bertz CT molecular complexity index is 976. The highest BCUT2D eigenvalue weighted by atomic mass is 79.9. The van der Waals surface area contributed by atoms with Crippen LogP contribution in [0.15, 0.2) is 46.9 Å². The Kier molecular flexibility index (Phi) is 8.46. The summed E-state index contributed by atoms with van der Waals surface area (Å²) in [5.74, 6) is 0.582. The molecular formula is C23H27BrN4O3S. The van der Waals surface area contributed by atoms with Crippen molar-refractivity contribution in [1.82, 2.24) is 10.2 Å². The van der Waals surface area contributed by atoms with E-state index in [4.69, 9.17) is 17.0 Å². The van der Waals surface area contributed by atoms with Gasteiger partial charge in [0.2, 0.25) is 5.91 Å². The zero-order valence-electron chi connectivity index (χ0n) is 18.2. The maximum Gasteiger partial charge on any atom is 0.257 e. The number of rotatable bonds is 6. The summed E-state index contributed by atoms with van der Waals surface area (Å²) in [5.41, 5.74) is 2.34. The summed E-state index contributed by atoms with van der Waals surface area (Å²) in [6.07, 6.45) is 1.50. The van der Waals surface area contributed by atoms with E-state index in [-0.39, 0.29) is 16.9 Å². The molecule has 1 heterocycles. The fourth-order valence-electron chi connectivity index (χ4n) is 3.49. The van der Waals surface area contributed by atoms with E-state index < -0.39 is 0 Å². The molecule has 9 heteroatoms. The number of carbonyl (C=O) groups excluding carboxylic acids is 2. The Labute approximate surface area is 202 Å². The van der Waals surface area contributed by atoms with E-state index in [1.165, 1.54) is 0 Å². The lowest BCUT2D eigenvalue weighted by Gasteiger charge is -2.36. The Hall–Kier alpha value is -2.65. The Balaban J connectivity index is 1.51. The summed E-state index contributed by atoms with van der Waals surface area (Å²) in [7, 11) is 1.57. The number of anilines is 2. The number of piperazine rings is 1. The van der Waals surface area contributed by atoms with Crippen molar-refractivity contribution >= 4 is 56.4 Å². The molecule has 0 atom stereocenters. The van der Waals surface area contributed by atoms with E-state index >= 15 is 0 Å². The van der Waals surface area contributed by atoms with Crippen molar-refractivity contribution in [2.45, 2.75) is 19.8 Å². The molecule has 1 aliphatic heterocycles. The largest absolute Gasteiger partial charge is 0.496 e. The highest BCUT2D eigenvalue weighted by Gasteiger charge is 2.20. The van der Waals surface area contributed by atoms with Crippen LogP contribution in [0.5, 0.6) is 5.75 Å². The number of thiocarbonyl (C=S) groups is 1. The van der Waals surface area contributed by atoms with Gasteiger partial charge in [0.05, 0.1) is 11.6 Å². The zero-order valence-corrected chi connectivity index (χ0v) is 20.6. The SMILES string of the molecule is CCCC(=O)N1CCN(c2ccc(NC(=S)NC(=O)c3ccc(OC)c(Br)c3)cc2)CC1. The third-order valence-corrected chi connectivity index (χ3v) is 6.05. The van der Waals surface area contributed by atoms with Crippen molar-refractivity contribution in [2.75, 3.05) is 43.5 Å². The molecule has 170 valence electrons. The minimum Gasteiger partial charge on any atom is -0.496 e. The lowest BCUT2D eigenvalue weighted by Crippen LogP contribution is -2.48. The van der Waals surface area contributed by atoms with Gasteiger partial charge in [-0.3, -0.25) is 14.9 Å². The minimum absolute atomic E-state index is 0.220. The van der Waals surface area contributed by atoms with Crippen molar-refractivity contribution < 1.29 is 14.3 Å². The first kappa shape index (κ1) is 24.0. The van der Waals surface area contributed by atoms with Gasteiger partial charge in [-0.2, -0.15) is 0 Å². The quantitative estimate of drug-likeness (QED) is 0.562. The van der Waals surface area contributed by atoms with Crippen LogP contribution in [0.1, 0.15) is 30.1 Å².